The number of carbonyl (C=O) groups excluding carboxylic acids is 1. The third kappa shape index (κ3) is 4.76. The van der Waals surface area contributed by atoms with Crippen LogP contribution in [0.4, 0.5) is 4.79 Å². The Hall–Kier alpha value is -2.47. The van der Waals surface area contributed by atoms with Gasteiger partial charge in [-0.05, 0) is 44.0 Å². The number of aryl methyl sites for hydroxylation is 1. The van der Waals surface area contributed by atoms with Crippen LogP contribution in [0.3, 0.4) is 0 Å². The van der Waals surface area contributed by atoms with Crippen LogP contribution in [0, 0.1) is 6.92 Å². The number of hydrogen-bond donors (Lipinski definition) is 3. The van der Waals surface area contributed by atoms with Crippen molar-refractivity contribution in [2.45, 2.75) is 25.9 Å². The summed E-state index contributed by atoms with van der Waals surface area (Å²) in [5.41, 5.74) is -0.229. The van der Waals surface area contributed by atoms with E-state index < -0.39 is 5.60 Å². The van der Waals surface area contributed by atoms with E-state index in [-0.39, 0.29) is 12.6 Å². The van der Waals surface area contributed by atoms with Crippen LogP contribution in [0.1, 0.15) is 24.0 Å². The summed E-state index contributed by atoms with van der Waals surface area (Å²) in [7, 11) is 1.62. The molecule has 3 N–H and O–H groups in total. The smallest absolute Gasteiger partial charge is 0.314 e. The van der Waals surface area contributed by atoms with E-state index in [0.29, 0.717) is 24.5 Å². The lowest BCUT2D eigenvalue weighted by Gasteiger charge is -2.21. The van der Waals surface area contributed by atoms with Crippen LogP contribution in [-0.2, 0) is 12.0 Å². The molecule has 0 aliphatic rings. The number of furan rings is 1. The molecular formula is C18H24N2O4. The molecule has 0 aliphatic carbocycles. The number of nitrogens with one attached hydrogen (secondary N) is 2. The number of benzene rings is 1. The number of hydrogen-bond acceptors (Lipinski definition) is 4. The van der Waals surface area contributed by atoms with Crippen molar-refractivity contribution < 1.29 is 19.1 Å². The molecule has 0 saturated heterocycles. The normalized spacial score (nSPS) is 13.2. The van der Waals surface area contributed by atoms with Gasteiger partial charge in [-0.3, -0.25) is 0 Å². The zero-order valence-corrected chi connectivity index (χ0v) is 14.3. The average Bonchev–Trinajstić information content (AvgIpc) is 3.01. The first kappa shape index (κ1) is 17.9. The molecule has 1 aromatic carbocycles. The van der Waals surface area contributed by atoms with E-state index in [4.69, 9.17) is 9.15 Å². The van der Waals surface area contributed by atoms with E-state index in [1.807, 2.05) is 24.3 Å². The van der Waals surface area contributed by atoms with E-state index in [9.17, 15) is 9.90 Å². The van der Waals surface area contributed by atoms with Gasteiger partial charge in [0.05, 0.1) is 13.7 Å². The van der Waals surface area contributed by atoms with Crippen LogP contribution in [-0.4, -0.2) is 31.3 Å². The fourth-order valence-corrected chi connectivity index (χ4v) is 2.35. The maximum Gasteiger partial charge on any atom is 0.314 e. The predicted octanol–water partition coefficient (Wildman–Crippen LogP) is 2.35. The molecule has 1 heterocycles. The molecule has 2 aromatic rings. The lowest BCUT2D eigenvalue weighted by molar-refractivity contribution is 0.0360. The molecular weight excluding hydrogens is 308 g/mol. The van der Waals surface area contributed by atoms with E-state index in [2.05, 4.69) is 10.6 Å². The molecule has 0 fully saturated rings. The minimum atomic E-state index is -1.26. The van der Waals surface area contributed by atoms with Gasteiger partial charge in [0.15, 0.2) is 0 Å². The standard InChI is InChI=1S/C18H24N2O4/c1-13-8-9-16(24-13)18(2,22)12-20-17(21)19-11-10-14-6-4-5-7-15(14)23-3/h4-9,22H,10-12H2,1-3H3,(H2,19,20,21). The maximum absolute atomic E-state index is 11.9. The summed E-state index contributed by atoms with van der Waals surface area (Å²) in [5.74, 6) is 1.94. The summed E-state index contributed by atoms with van der Waals surface area (Å²) in [4.78, 5) is 11.9. The second-order valence-corrected chi connectivity index (χ2v) is 5.86. The Morgan fingerprint density at radius 2 is 2.00 bits per heavy atom. The topological polar surface area (TPSA) is 83.7 Å². The van der Waals surface area contributed by atoms with Crippen molar-refractivity contribution in [2.75, 3.05) is 20.2 Å². The van der Waals surface area contributed by atoms with Crippen molar-refractivity contribution in [1.82, 2.24) is 10.6 Å². The molecule has 6 nitrogen and oxygen atoms in total. The fraction of sp³-hybridized carbons (Fsp3) is 0.389. The number of carbonyl (C=O) groups is 1. The van der Waals surface area contributed by atoms with Crippen molar-refractivity contribution in [1.29, 1.82) is 0 Å². The summed E-state index contributed by atoms with van der Waals surface area (Å²) in [6.07, 6.45) is 0.658. The van der Waals surface area contributed by atoms with Crippen molar-refractivity contribution in [3.8, 4) is 5.75 Å². The van der Waals surface area contributed by atoms with Gasteiger partial charge in [-0.25, -0.2) is 4.79 Å². The highest BCUT2D eigenvalue weighted by Gasteiger charge is 2.27. The largest absolute Gasteiger partial charge is 0.496 e. The molecule has 0 saturated carbocycles. The molecule has 1 aromatic heterocycles. The summed E-state index contributed by atoms with van der Waals surface area (Å²) in [6.45, 7) is 3.92. The molecule has 0 spiro atoms. The number of para-hydroxylation sites is 1. The lowest BCUT2D eigenvalue weighted by atomic mass is 10.0. The number of rotatable bonds is 7. The van der Waals surface area contributed by atoms with E-state index in [1.54, 1.807) is 33.1 Å². The highest BCUT2D eigenvalue weighted by Crippen LogP contribution is 2.21. The third-order valence-corrected chi connectivity index (χ3v) is 3.74. The van der Waals surface area contributed by atoms with Crippen LogP contribution in [0.5, 0.6) is 5.75 Å². The van der Waals surface area contributed by atoms with Gasteiger partial charge in [-0.15, -0.1) is 0 Å². The first-order valence-corrected chi connectivity index (χ1v) is 7.85. The molecule has 2 rings (SSSR count). The molecule has 130 valence electrons. The van der Waals surface area contributed by atoms with Crippen LogP contribution >= 0.6 is 0 Å². The Balaban J connectivity index is 1.77. The summed E-state index contributed by atoms with van der Waals surface area (Å²) in [6, 6.07) is 10.8. The predicted molar refractivity (Wildman–Crippen MR) is 91.1 cm³/mol. The van der Waals surface area contributed by atoms with Gasteiger partial charge in [0.2, 0.25) is 0 Å². The Labute approximate surface area is 141 Å². The van der Waals surface area contributed by atoms with Crippen LogP contribution < -0.4 is 15.4 Å². The second kappa shape index (κ2) is 7.88. The van der Waals surface area contributed by atoms with Gasteiger partial charge in [-0.1, -0.05) is 18.2 Å². The number of urea groups is 1. The molecule has 1 unspecified atom stereocenters. The molecule has 24 heavy (non-hydrogen) atoms. The number of aliphatic hydroxyl groups is 1. The first-order chi connectivity index (χ1) is 11.4. The fourth-order valence-electron chi connectivity index (χ4n) is 2.35. The third-order valence-electron chi connectivity index (χ3n) is 3.74. The lowest BCUT2D eigenvalue weighted by Crippen LogP contribution is -2.43. The minimum absolute atomic E-state index is 0.0560. The zero-order valence-electron chi connectivity index (χ0n) is 14.3. The van der Waals surface area contributed by atoms with Crippen molar-refractivity contribution in [3.05, 3.63) is 53.5 Å². The van der Waals surface area contributed by atoms with Crippen LogP contribution in [0.2, 0.25) is 0 Å². The monoisotopic (exact) mass is 332 g/mol. The second-order valence-electron chi connectivity index (χ2n) is 5.86. The number of ether oxygens (including phenoxy) is 1. The molecule has 0 bridgehead atoms. The molecule has 0 radical (unpaired) electrons. The van der Waals surface area contributed by atoms with Crippen molar-refractivity contribution in [2.24, 2.45) is 0 Å². The minimum Gasteiger partial charge on any atom is -0.496 e. The average molecular weight is 332 g/mol. The highest BCUT2D eigenvalue weighted by molar-refractivity contribution is 5.73. The Kier molecular flexibility index (Phi) is 5.87. The quantitative estimate of drug-likeness (QED) is 0.727. The Morgan fingerprint density at radius 1 is 1.25 bits per heavy atom. The molecule has 2 amide bonds. The number of methoxy groups -OCH3 is 1. The van der Waals surface area contributed by atoms with Crippen LogP contribution in [0.15, 0.2) is 40.8 Å². The van der Waals surface area contributed by atoms with Gasteiger partial charge < -0.3 is 24.9 Å². The number of amides is 2. The molecule has 6 heteroatoms. The summed E-state index contributed by atoms with van der Waals surface area (Å²) >= 11 is 0. The van der Waals surface area contributed by atoms with Gasteiger partial charge in [0.1, 0.15) is 22.9 Å². The van der Waals surface area contributed by atoms with Gasteiger partial charge in [0.25, 0.3) is 0 Å². The highest BCUT2D eigenvalue weighted by atomic mass is 16.5. The van der Waals surface area contributed by atoms with E-state index in [0.717, 1.165) is 11.3 Å². The first-order valence-electron chi connectivity index (χ1n) is 7.85. The SMILES string of the molecule is COc1ccccc1CCNC(=O)NCC(C)(O)c1ccc(C)o1. The van der Waals surface area contributed by atoms with Gasteiger partial charge in [0, 0.05) is 6.54 Å². The summed E-state index contributed by atoms with van der Waals surface area (Å²) in [5, 5.41) is 15.8. The van der Waals surface area contributed by atoms with Crippen molar-refractivity contribution >= 4 is 6.03 Å². The van der Waals surface area contributed by atoms with E-state index in [1.165, 1.54) is 0 Å². The van der Waals surface area contributed by atoms with E-state index >= 15 is 0 Å². The van der Waals surface area contributed by atoms with Crippen molar-refractivity contribution in [3.63, 3.8) is 0 Å². The zero-order chi connectivity index (χ0) is 17.6. The maximum atomic E-state index is 11.9. The Bertz CT molecular complexity index is 679. The molecule has 1 atom stereocenters. The molecule has 0 aliphatic heterocycles. The van der Waals surface area contributed by atoms with Gasteiger partial charge in [-0.2, -0.15) is 0 Å². The Morgan fingerprint density at radius 3 is 2.67 bits per heavy atom. The van der Waals surface area contributed by atoms with Gasteiger partial charge >= 0.3 is 6.03 Å². The van der Waals surface area contributed by atoms with Crippen LogP contribution in [0.25, 0.3) is 0 Å². The summed E-state index contributed by atoms with van der Waals surface area (Å²) < 4.78 is 10.7.